The first-order valence-electron chi connectivity index (χ1n) is 8.59. The van der Waals surface area contributed by atoms with Crippen molar-refractivity contribution in [2.45, 2.75) is 18.2 Å². The minimum absolute atomic E-state index is 0.187. The van der Waals surface area contributed by atoms with Gasteiger partial charge in [-0.2, -0.15) is 0 Å². The van der Waals surface area contributed by atoms with E-state index in [4.69, 9.17) is 0 Å². The number of benzene rings is 2. The van der Waals surface area contributed by atoms with Crippen molar-refractivity contribution in [2.75, 3.05) is 36.8 Å². The number of hydrogen-bond donors (Lipinski definition) is 0. The third-order valence-corrected chi connectivity index (χ3v) is 5.42. The lowest BCUT2D eigenvalue weighted by Crippen LogP contribution is -2.36. The van der Waals surface area contributed by atoms with Crippen molar-refractivity contribution in [1.82, 2.24) is 4.90 Å². The maximum atomic E-state index is 13.1. The number of carbonyl (C=O) groups is 1. The van der Waals surface area contributed by atoms with Crippen LogP contribution in [-0.2, 0) is 4.79 Å². The molecule has 5 heteroatoms. The van der Waals surface area contributed by atoms with Gasteiger partial charge in [0.1, 0.15) is 5.82 Å². The molecular formula is C20H23FN2OS. The first kappa shape index (κ1) is 17.8. The summed E-state index contributed by atoms with van der Waals surface area (Å²) in [6, 6.07) is 14.8. The van der Waals surface area contributed by atoms with Crippen LogP contribution in [0.2, 0.25) is 0 Å². The van der Waals surface area contributed by atoms with Crippen LogP contribution in [0.1, 0.15) is 12.0 Å². The normalized spacial score (nSPS) is 15.1. The van der Waals surface area contributed by atoms with Crippen molar-refractivity contribution in [3.05, 3.63) is 59.9 Å². The fourth-order valence-corrected chi connectivity index (χ4v) is 3.75. The molecule has 1 aliphatic heterocycles. The molecule has 3 nitrogen and oxygen atoms in total. The Morgan fingerprint density at radius 1 is 1.00 bits per heavy atom. The van der Waals surface area contributed by atoms with Crippen LogP contribution in [0.5, 0.6) is 0 Å². The lowest BCUT2D eigenvalue weighted by Gasteiger charge is -2.23. The Morgan fingerprint density at radius 3 is 2.44 bits per heavy atom. The van der Waals surface area contributed by atoms with E-state index in [1.165, 1.54) is 17.7 Å². The van der Waals surface area contributed by atoms with E-state index in [0.29, 0.717) is 12.3 Å². The fraction of sp³-hybridized carbons (Fsp3) is 0.350. The summed E-state index contributed by atoms with van der Waals surface area (Å²) >= 11 is 1.59. The molecule has 0 unspecified atom stereocenters. The van der Waals surface area contributed by atoms with Crippen molar-refractivity contribution < 1.29 is 9.18 Å². The van der Waals surface area contributed by atoms with Gasteiger partial charge in [-0.25, -0.2) is 4.39 Å². The number of amides is 1. The number of halogens is 1. The second-order valence-corrected chi connectivity index (χ2v) is 7.35. The van der Waals surface area contributed by atoms with Gasteiger partial charge in [-0.1, -0.05) is 17.7 Å². The van der Waals surface area contributed by atoms with E-state index in [0.717, 1.165) is 36.6 Å². The third kappa shape index (κ3) is 4.98. The SMILES string of the molecule is Cc1ccc(SCC(=O)N2CCCN(c3ccc(F)cc3)CC2)cc1. The van der Waals surface area contributed by atoms with Crippen LogP contribution < -0.4 is 4.90 Å². The molecule has 1 aliphatic rings. The molecule has 0 bridgehead atoms. The largest absolute Gasteiger partial charge is 0.370 e. The highest BCUT2D eigenvalue weighted by atomic mass is 32.2. The summed E-state index contributed by atoms with van der Waals surface area (Å²) in [6.45, 7) is 5.23. The van der Waals surface area contributed by atoms with Gasteiger partial charge in [0.15, 0.2) is 0 Å². The summed E-state index contributed by atoms with van der Waals surface area (Å²) in [4.78, 5) is 17.8. The van der Waals surface area contributed by atoms with Crippen molar-refractivity contribution in [2.24, 2.45) is 0 Å². The molecule has 2 aromatic carbocycles. The van der Waals surface area contributed by atoms with E-state index in [9.17, 15) is 9.18 Å². The zero-order valence-electron chi connectivity index (χ0n) is 14.5. The van der Waals surface area contributed by atoms with Crippen LogP contribution in [-0.4, -0.2) is 42.7 Å². The van der Waals surface area contributed by atoms with Crippen molar-refractivity contribution in [3.8, 4) is 0 Å². The molecule has 0 spiro atoms. The Bertz CT molecular complexity index is 703. The average molecular weight is 358 g/mol. The molecule has 0 atom stereocenters. The highest BCUT2D eigenvalue weighted by Crippen LogP contribution is 2.20. The Kier molecular flexibility index (Phi) is 5.97. The number of anilines is 1. The predicted molar refractivity (Wildman–Crippen MR) is 102 cm³/mol. The van der Waals surface area contributed by atoms with Gasteiger partial charge in [-0.3, -0.25) is 4.79 Å². The van der Waals surface area contributed by atoms with Gasteiger partial charge in [0.05, 0.1) is 5.75 Å². The number of rotatable bonds is 4. The van der Waals surface area contributed by atoms with Gasteiger partial charge >= 0.3 is 0 Å². The summed E-state index contributed by atoms with van der Waals surface area (Å²) in [5, 5.41) is 0. The van der Waals surface area contributed by atoms with E-state index in [-0.39, 0.29) is 11.7 Å². The first-order chi connectivity index (χ1) is 12.1. The standard InChI is InChI=1S/C20H23FN2OS/c1-16-3-9-19(10-4-16)25-15-20(24)23-12-2-11-22(13-14-23)18-7-5-17(21)6-8-18/h3-10H,2,11-15H2,1H3. The van der Waals surface area contributed by atoms with Crippen LogP contribution in [0, 0.1) is 12.7 Å². The first-order valence-corrected chi connectivity index (χ1v) is 9.58. The Labute approximate surface area is 152 Å². The summed E-state index contributed by atoms with van der Waals surface area (Å²) in [7, 11) is 0. The second-order valence-electron chi connectivity index (χ2n) is 6.30. The van der Waals surface area contributed by atoms with E-state index in [1.54, 1.807) is 23.9 Å². The van der Waals surface area contributed by atoms with Crippen LogP contribution in [0.25, 0.3) is 0 Å². The minimum Gasteiger partial charge on any atom is -0.370 e. The molecule has 0 aliphatic carbocycles. The predicted octanol–water partition coefficient (Wildman–Crippen LogP) is 3.97. The summed E-state index contributed by atoms with van der Waals surface area (Å²) < 4.78 is 13.1. The molecule has 1 saturated heterocycles. The van der Waals surface area contributed by atoms with E-state index in [2.05, 4.69) is 36.1 Å². The number of thioether (sulfide) groups is 1. The molecular weight excluding hydrogens is 335 g/mol. The van der Waals surface area contributed by atoms with E-state index < -0.39 is 0 Å². The van der Waals surface area contributed by atoms with Crippen molar-refractivity contribution in [3.63, 3.8) is 0 Å². The summed E-state index contributed by atoms with van der Waals surface area (Å²) in [6.07, 6.45) is 0.929. The Hall–Kier alpha value is -2.01. The fourth-order valence-electron chi connectivity index (χ4n) is 2.95. The summed E-state index contributed by atoms with van der Waals surface area (Å²) in [5.74, 6) is 0.439. The summed E-state index contributed by atoms with van der Waals surface area (Å²) in [5.41, 5.74) is 2.24. The maximum Gasteiger partial charge on any atom is 0.232 e. The molecule has 1 fully saturated rings. The highest BCUT2D eigenvalue weighted by Gasteiger charge is 2.19. The average Bonchev–Trinajstić information content (AvgIpc) is 2.88. The van der Waals surface area contributed by atoms with Gasteiger partial charge in [0, 0.05) is 36.8 Å². The van der Waals surface area contributed by atoms with Crippen LogP contribution in [0.3, 0.4) is 0 Å². The van der Waals surface area contributed by atoms with Crippen LogP contribution in [0.4, 0.5) is 10.1 Å². The van der Waals surface area contributed by atoms with Crippen LogP contribution in [0.15, 0.2) is 53.4 Å². The number of aryl methyl sites for hydroxylation is 1. The van der Waals surface area contributed by atoms with Gasteiger partial charge in [0.2, 0.25) is 5.91 Å². The van der Waals surface area contributed by atoms with Gasteiger partial charge in [-0.15, -0.1) is 11.8 Å². The lowest BCUT2D eigenvalue weighted by atomic mass is 10.2. The molecule has 1 heterocycles. The zero-order chi connectivity index (χ0) is 17.6. The van der Waals surface area contributed by atoms with Crippen molar-refractivity contribution >= 4 is 23.4 Å². The molecule has 132 valence electrons. The van der Waals surface area contributed by atoms with Crippen LogP contribution >= 0.6 is 11.8 Å². The molecule has 2 aromatic rings. The van der Waals surface area contributed by atoms with E-state index in [1.807, 2.05) is 4.90 Å². The van der Waals surface area contributed by atoms with Gasteiger partial charge < -0.3 is 9.80 Å². The highest BCUT2D eigenvalue weighted by molar-refractivity contribution is 8.00. The lowest BCUT2D eigenvalue weighted by molar-refractivity contribution is -0.128. The second kappa shape index (κ2) is 8.39. The third-order valence-electron chi connectivity index (χ3n) is 4.42. The Morgan fingerprint density at radius 2 is 1.72 bits per heavy atom. The smallest absolute Gasteiger partial charge is 0.232 e. The monoisotopic (exact) mass is 358 g/mol. The quantitative estimate of drug-likeness (QED) is 0.773. The molecule has 1 amide bonds. The molecule has 0 saturated carbocycles. The maximum absolute atomic E-state index is 13.1. The molecule has 25 heavy (non-hydrogen) atoms. The molecule has 0 aromatic heterocycles. The minimum atomic E-state index is -0.219. The van der Waals surface area contributed by atoms with Crippen molar-refractivity contribution in [1.29, 1.82) is 0 Å². The van der Waals surface area contributed by atoms with E-state index >= 15 is 0 Å². The van der Waals surface area contributed by atoms with Gasteiger partial charge in [0.25, 0.3) is 0 Å². The zero-order valence-corrected chi connectivity index (χ0v) is 15.3. The Balaban J connectivity index is 1.52. The molecule has 3 rings (SSSR count). The van der Waals surface area contributed by atoms with Gasteiger partial charge in [-0.05, 0) is 49.7 Å². The number of nitrogens with zero attached hydrogens (tertiary/aromatic N) is 2. The number of carbonyl (C=O) groups excluding carboxylic acids is 1. The topological polar surface area (TPSA) is 23.6 Å². The molecule has 0 radical (unpaired) electrons. The number of hydrogen-bond acceptors (Lipinski definition) is 3. The molecule has 0 N–H and O–H groups in total.